The number of hydrogen-bond donors (Lipinski definition) is 1. The minimum Gasteiger partial charge on any atom is -0.369 e. The average Bonchev–Trinajstić information content (AvgIpc) is 2.48. The summed E-state index contributed by atoms with van der Waals surface area (Å²) in [5, 5.41) is 3.49. The van der Waals surface area contributed by atoms with Crippen molar-refractivity contribution in [3.8, 4) is 0 Å². The highest BCUT2D eigenvalue weighted by Gasteiger charge is 2.23. The van der Waals surface area contributed by atoms with Crippen LogP contribution in [0.5, 0.6) is 0 Å². The van der Waals surface area contributed by atoms with Crippen LogP contribution >= 0.6 is 12.2 Å². The van der Waals surface area contributed by atoms with Crippen molar-refractivity contribution in [3.05, 3.63) is 77.4 Å². The molecule has 0 aromatic heterocycles. The van der Waals surface area contributed by atoms with Crippen molar-refractivity contribution in [2.75, 3.05) is 0 Å². The van der Waals surface area contributed by atoms with Gasteiger partial charge in [0.25, 0.3) is 0 Å². The van der Waals surface area contributed by atoms with Gasteiger partial charge in [0.1, 0.15) is 4.99 Å². The van der Waals surface area contributed by atoms with Gasteiger partial charge in [0.05, 0.1) is 6.04 Å². The molecule has 0 aliphatic carbocycles. The van der Waals surface area contributed by atoms with E-state index in [1.54, 1.807) is 0 Å². The lowest BCUT2D eigenvalue weighted by molar-refractivity contribution is 0.636. The van der Waals surface area contributed by atoms with Gasteiger partial charge in [-0.3, -0.25) is 0 Å². The first-order valence-electron chi connectivity index (χ1n) is 6.86. The minimum atomic E-state index is 0.288. The van der Waals surface area contributed by atoms with Gasteiger partial charge < -0.3 is 5.32 Å². The van der Waals surface area contributed by atoms with Crippen LogP contribution in [-0.2, 0) is 0 Å². The second-order valence-electron chi connectivity index (χ2n) is 5.16. The molecule has 2 heteroatoms. The molecule has 20 heavy (non-hydrogen) atoms. The molecule has 0 unspecified atom stereocenters. The number of benzene rings is 2. The third-order valence-electron chi connectivity index (χ3n) is 3.73. The molecule has 1 aliphatic rings. The predicted molar refractivity (Wildman–Crippen MR) is 88.6 cm³/mol. The summed E-state index contributed by atoms with van der Waals surface area (Å²) in [4.78, 5) is 0.855. The molecular weight excluding hydrogens is 262 g/mol. The highest BCUT2D eigenvalue weighted by atomic mass is 32.1. The first-order chi connectivity index (χ1) is 9.75. The number of hydrogen-bond acceptors (Lipinski definition) is 1. The van der Waals surface area contributed by atoms with Crippen LogP contribution in [0, 0.1) is 0 Å². The van der Waals surface area contributed by atoms with Gasteiger partial charge in [-0.2, -0.15) is 0 Å². The molecule has 3 rings (SSSR count). The Balaban J connectivity index is 1.94. The Kier molecular flexibility index (Phi) is 3.66. The van der Waals surface area contributed by atoms with Crippen molar-refractivity contribution >= 4 is 22.8 Å². The second kappa shape index (κ2) is 5.59. The van der Waals surface area contributed by atoms with Crippen LogP contribution in [0.1, 0.15) is 30.5 Å². The van der Waals surface area contributed by atoms with E-state index < -0.39 is 0 Å². The van der Waals surface area contributed by atoms with Crippen LogP contribution in [0.25, 0.3) is 5.57 Å². The first kappa shape index (κ1) is 13.1. The fourth-order valence-electron chi connectivity index (χ4n) is 2.75. The summed E-state index contributed by atoms with van der Waals surface area (Å²) in [5.41, 5.74) is 5.04. The Morgan fingerprint density at radius 1 is 0.950 bits per heavy atom. The maximum atomic E-state index is 5.59. The second-order valence-corrected chi connectivity index (χ2v) is 5.57. The lowest BCUT2D eigenvalue weighted by Gasteiger charge is -2.29. The van der Waals surface area contributed by atoms with Gasteiger partial charge >= 0.3 is 0 Å². The summed E-state index contributed by atoms with van der Waals surface area (Å²) in [7, 11) is 0. The van der Waals surface area contributed by atoms with Crippen LogP contribution in [0.2, 0.25) is 0 Å². The zero-order valence-electron chi connectivity index (χ0n) is 11.5. The molecule has 1 aliphatic heterocycles. The van der Waals surface area contributed by atoms with E-state index in [1.165, 1.54) is 22.3 Å². The topological polar surface area (TPSA) is 12.0 Å². The SMILES string of the molecule is CC1=C(c2ccccc2)C(=S)N[C@@H](c2ccccc2)C1. The van der Waals surface area contributed by atoms with Crippen molar-refractivity contribution < 1.29 is 0 Å². The van der Waals surface area contributed by atoms with Gasteiger partial charge in [0.15, 0.2) is 0 Å². The van der Waals surface area contributed by atoms with Crippen LogP contribution in [0.4, 0.5) is 0 Å². The summed E-state index contributed by atoms with van der Waals surface area (Å²) in [6.45, 7) is 2.19. The average molecular weight is 279 g/mol. The Hall–Kier alpha value is -1.93. The summed E-state index contributed by atoms with van der Waals surface area (Å²) >= 11 is 5.59. The molecule has 1 atom stereocenters. The first-order valence-corrected chi connectivity index (χ1v) is 7.27. The number of thiocarbonyl (C=S) groups is 1. The zero-order valence-corrected chi connectivity index (χ0v) is 12.3. The monoisotopic (exact) mass is 279 g/mol. The van der Waals surface area contributed by atoms with E-state index in [1.807, 2.05) is 12.1 Å². The minimum absolute atomic E-state index is 0.288. The standard InChI is InChI=1S/C18H17NS/c1-13-12-16(14-8-4-2-5-9-14)19-18(20)17(13)15-10-6-3-7-11-15/h2-11,16H,12H2,1H3,(H,19,20)/t16-/m1/s1. The maximum absolute atomic E-state index is 5.59. The van der Waals surface area contributed by atoms with Crippen LogP contribution in [0.15, 0.2) is 66.2 Å². The molecule has 1 heterocycles. The summed E-state index contributed by atoms with van der Waals surface area (Å²) in [6.07, 6.45) is 0.994. The van der Waals surface area contributed by atoms with Crippen LogP contribution < -0.4 is 5.32 Å². The smallest absolute Gasteiger partial charge is 0.107 e. The molecule has 1 nitrogen and oxygen atoms in total. The molecule has 0 radical (unpaired) electrons. The van der Waals surface area contributed by atoms with Gasteiger partial charge in [-0.1, -0.05) is 78.5 Å². The fourth-order valence-corrected chi connectivity index (χ4v) is 3.19. The lowest BCUT2D eigenvalue weighted by Crippen LogP contribution is -2.32. The predicted octanol–water partition coefficient (Wildman–Crippen LogP) is 4.52. The Bertz CT molecular complexity index is 644. The van der Waals surface area contributed by atoms with Crippen LogP contribution in [-0.4, -0.2) is 4.99 Å². The Labute approximate surface area is 125 Å². The van der Waals surface area contributed by atoms with Crippen molar-refractivity contribution in [2.45, 2.75) is 19.4 Å². The van der Waals surface area contributed by atoms with E-state index in [2.05, 4.69) is 60.8 Å². The number of rotatable bonds is 2. The van der Waals surface area contributed by atoms with Crippen molar-refractivity contribution in [1.82, 2.24) is 5.32 Å². The van der Waals surface area contributed by atoms with Gasteiger partial charge in [-0.05, 0) is 24.5 Å². The van der Waals surface area contributed by atoms with Gasteiger partial charge in [-0.25, -0.2) is 0 Å². The lowest BCUT2D eigenvalue weighted by atomic mass is 9.89. The van der Waals surface area contributed by atoms with E-state index in [0.29, 0.717) is 0 Å². The summed E-state index contributed by atoms with van der Waals surface area (Å²) in [5.74, 6) is 0. The third kappa shape index (κ3) is 2.52. The Morgan fingerprint density at radius 3 is 2.15 bits per heavy atom. The van der Waals surface area contributed by atoms with Gasteiger partial charge in [-0.15, -0.1) is 0 Å². The molecule has 0 bridgehead atoms. The molecule has 0 saturated heterocycles. The highest BCUT2D eigenvalue weighted by Crippen LogP contribution is 2.32. The molecule has 0 spiro atoms. The molecule has 2 aromatic rings. The summed E-state index contributed by atoms with van der Waals surface area (Å²) < 4.78 is 0. The van der Waals surface area contributed by atoms with E-state index in [0.717, 1.165) is 11.4 Å². The van der Waals surface area contributed by atoms with Crippen molar-refractivity contribution in [2.24, 2.45) is 0 Å². The van der Waals surface area contributed by atoms with Gasteiger partial charge in [0, 0.05) is 5.57 Å². The van der Waals surface area contributed by atoms with E-state index >= 15 is 0 Å². The largest absolute Gasteiger partial charge is 0.369 e. The number of nitrogens with one attached hydrogen (secondary N) is 1. The Morgan fingerprint density at radius 2 is 1.55 bits per heavy atom. The quantitative estimate of drug-likeness (QED) is 0.811. The molecule has 0 saturated carbocycles. The molecule has 1 N–H and O–H groups in total. The van der Waals surface area contributed by atoms with Crippen LogP contribution in [0.3, 0.4) is 0 Å². The normalized spacial score (nSPS) is 18.9. The van der Waals surface area contributed by atoms with E-state index in [9.17, 15) is 0 Å². The molecule has 2 aromatic carbocycles. The molecule has 100 valence electrons. The van der Waals surface area contributed by atoms with E-state index in [-0.39, 0.29) is 6.04 Å². The fraction of sp³-hybridized carbons (Fsp3) is 0.167. The molecule has 0 amide bonds. The highest BCUT2D eigenvalue weighted by molar-refractivity contribution is 7.81. The van der Waals surface area contributed by atoms with Gasteiger partial charge in [0.2, 0.25) is 0 Å². The van der Waals surface area contributed by atoms with Crippen molar-refractivity contribution in [3.63, 3.8) is 0 Å². The summed E-state index contributed by atoms with van der Waals surface area (Å²) in [6, 6.07) is 21.2. The maximum Gasteiger partial charge on any atom is 0.107 e. The van der Waals surface area contributed by atoms with Crippen molar-refractivity contribution in [1.29, 1.82) is 0 Å². The third-order valence-corrected chi connectivity index (χ3v) is 4.06. The zero-order chi connectivity index (χ0) is 13.9. The van der Waals surface area contributed by atoms with E-state index in [4.69, 9.17) is 12.2 Å². The molecule has 0 fully saturated rings. The molecular formula is C18H17NS.